The number of benzene rings is 2. The average molecular weight is 395 g/mol. The molecule has 1 saturated heterocycles. The van der Waals surface area contributed by atoms with Crippen molar-refractivity contribution in [3.8, 4) is 11.5 Å². The molecule has 4 rings (SSSR count). The molecule has 5 heteroatoms. The number of hydrogen-bond donors (Lipinski definition) is 0. The minimum absolute atomic E-state index is 0.499. The standard InChI is InChI=1S/C24H30N2O3/c1-18-12-21(27-3)13-22(28-16-19-8-5-4-6-9-19)24(18)23-15-26(17-29-23)20-10-7-11-25(2)14-20/h4-6,8-9,12-13,15,20H,7,10-11,14,16-17H2,1-3H3/t20-/m1/s1. The van der Waals surface area contributed by atoms with Crippen LogP contribution in [0.5, 0.6) is 11.5 Å². The largest absolute Gasteiger partial charge is 0.497 e. The Bertz CT molecular complexity index is 866. The summed E-state index contributed by atoms with van der Waals surface area (Å²) in [6, 6.07) is 14.7. The Morgan fingerprint density at radius 3 is 2.76 bits per heavy atom. The summed E-state index contributed by atoms with van der Waals surface area (Å²) in [6.45, 7) is 5.43. The summed E-state index contributed by atoms with van der Waals surface area (Å²) < 4.78 is 17.8. The van der Waals surface area contributed by atoms with Crippen LogP contribution in [0.4, 0.5) is 0 Å². The van der Waals surface area contributed by atoms with Crippen LogP contribution in [-0.2, 0) is 11.3 Å². The number of likely N-dealkylation sites (tertiary alicyclic amines) is 1. The van der Waals surface area contributed by atoms with E-state index in [1.54, 1.807) is 7.11 Å². The molecular formula is C24H30N2O3. The maximum atomic E-state index is 6.23. The molecule has 154 valence electrons. The van der Waals surface area contributed by atoms with Crippen molar-refractivity contribution in [3.05, 3.63) is 65.4 Å². The number of aryl methyl sites for hydroxylation is 1. The minimum Gasteiger partial charge on any atom is -0.497 e. The smallest absolute Gasteiger partial charge is 0.161 e. The van der Waals surface area contributed by atoms with E-state index >= 15 is 0 Å². The summed E-state index contributed by atoms with van der Waals surface area (Å²) in [7, 11) is 3.87. The first-order chi connectivity index (χ1) is 14.1. The number of nitrogens with zero attached hydrogens (tertiary/aromatic N) is 2. The molecule has 1 fully saturated rings. The SMILES string of the molecule is COc1cc(C)c(C2=CN([C@@H]3CCCN(C)C3)CO2)c(OCc2ccccc2)c1. The lowest BCUT2D eigenvalue weighted by atomic mass is 10.0. The Labute approximate surface area is 173 Å². The Morgan fingerprint density at radius 2 is 2.00 bits per heavy atom. The zero-order valence-electron chi connectivity index (χ0n) is 17.6. The summed E-state index contributed by atoms with van der Waals surface area (Å²) >= 11 is 0. The Kier molecular flexibility index (Phi) is 5.95. The van der Waals surface area contributed by atoms with Gasteiger partial charge in [-0.25, -0.2) is 0 Å². The molecule has 2 aromatic rings. The topological polar surface area (TPSA) is 34.2 Å². The predicted octanol–water partition coefficient (Wildman–Crippen LogP) is 4.26. The van der Waals surface area contributed by atoms with E-state index in [2.05, 4.69) is 42.1 Å². The fourth-order valence-electron chi connectivity index (χ4n) is 4.13. The van der Waals surface area contributed by atoms with Gasteiger partial charge in [-0.2, -0.15) is 0 Å². The van der Waals surface area contributed by atoms with Gasteiger partial charge in [0.2, 0.25) is 0 Å². The molecule has 2 heterocycles. The molecule has 2 aliphatic heterocycles. The van der Waals surface area contributed by atoms with Crippen molar-refractivity contribution >= 4 is 5.76 Å². The first kappa shape index (κ1) is 19.6. The molecule has 0 N–H and O–H groups in total. The van der Waals surface area contributed by atoms with Crippen LogP contribution in [0.2, 0.25) is 0 Å². The van der Waals surface area contributed by atoms with Crippen LogP contribution in [-0.4, -0.2) is 49.8 Å². The third-order valence-electron chi connectivity index (χ3n) is 5.71. The van der Waals surface area contributed by atoms with Crippen LogP contribution < -0.4 is 9.47 Å². The van der Waals surface area contributed by atoms with Crippen molar-refractivity contribution in [1.29, 1.82) is 0 Å². The van der Waals surface area contributed by atoms with Gasteiger partial charge in [-0.3, -0.25) is 0 Å². The van der Waals surface area contributed by atoms with Crippen molar-refractivity contribution < 1.29 is 14.2 Å². The fraction of sp³-hybridized carbons (Fsp3) is 0.417. The highest BCUT2D eigenvalue weighted by Crippen LogP contribution is 2.37. The van der Waals surface area contributed by atoms with Crippen LogP contribution in [0.15, 0.2) is 48.7 Å². The van der Waals surface area contributed by atoms with E-state index in [0.717, 1.165) is 40.5 Å². The van der Waals surface area contributed by atoms with Crippen molar-refractivity contribution in [2.45, 2.75) is 32.4 Å². The molecule has 0 saturated carbocycles. The summed E-state index contributed by atoms with van der Waals surface area (Å²) in [5, 5.41) is 0. The normalized spacial score (nSPS) is 19.6. The van der Waals surface area contributed by atoms with E-state index in [9.17, 15) is 0 Å². The van der Waals surface area contributed by atoms with Crippen molar-refractivity contribution in [3.63, 3.8) is 0 Å². The van der Waals surface area contributed by atoms with Crippen molar-refractivity contribution in [2.24, 2.45) is 0 Å². The second-order valence-electron chi connectivity index (χ2n) is 7.93. The second-order valence-corrected chi connectivity index (χ2v) is 7.93. The fourth-order valence-corrected chi connectivity index (χ4v) is 4.13. The third-order valence-corrected chi connectivity index (χ3v) is 5.71. The van der Waals surface area contributed by atoms with E-state index < -0.39 is 0 Å². The Balaban J connectivity index is 1.59. The molecule has 1 atom stereocenters. The van der Waals surface area contributed by atoms with Crippen LogP contribution >= 0.6 is 0 Å². The maximum absolute atomic E-state index is 6.23. The molecular weight excluding hydrogens is 364 g/mol. The number of methoxy groups -OCH3 is 1. The molecule has 0 amide bonds. The molecule has 2 aliphatic rings. The van der Waals surface area contributed by atoms with E-state index in [1.807, 2.05) is 30.3 Å². The van der Waals surface area contributed by atoms with Gasteiger partial charge in [-0.1, -0.05) is 30.3 Å². The lowest BCUT2D eigenvalue weighted by Crippen LogP contribution is -2.43. The lowest BCUT2D eigenvalue weighted by molar-refractivity contribution is 0.0971. The van der Waals surface area contributed by atoms with Crippen molar-refractivity contribution in [1.82, 2.24) is 9.80 Å². The van der Waals surface area contributed by atoms with Gasteiger partial charge in [0.15, 0.2) is 6.73 Å². The number of piperidine rings is 1. The maximum Gasteiger partial charge on any atom is 0.161 e. The molecule has 29 heavy (non-hydrogen) atoms. The van der Waals surface area contributed by atoms with Gasteiger partial charge in [0.05, 0.1) is 12.7 Å². The first-order valence-electron chi connectivity index (χ1n) is 10.3. The van der Waals surface area contributed by atoms with Crippen molar-refractivity contribution in [2.75, 3.05) is 34.0 Å². The van der Waals surface area contributed by atoms with Gasteiger partial charge in [-0.05, 0) is 50.6 Å². The summed E-state index contributed by atoms with van der Waals surface area (Å²) in [6.07, 6.45) is 4.60. The van der Waals surface area contributed by atoms with Gasteiger partial charge in [-0.15, -0.1) is 0 Å². The van der Waals surface area contributed by atoms with Gasteiger partial charge in [0.1, 0.15) is 23.9 Å². The van der Waals surface area contributed by atoms with Gasteiger partial charge in [0, 0.05) is 24.9 Å². The highest BCUT2D eigenvalue weighted by molar-refractivity contribution is 5.70. The molecule has 0 bridgehead atoms. The van der Waals surface area contributed by atoms with Crippen LogP contribution in [0.25, 0.3) is 5.76 Å². The lowest BCUT2D eigenvalue weighted by Gasteiger charge is -2.34. The molecule has 0 aromatic heterocycles. The molecule has 2 aromatic carbocycles. The van der Waals surface area contributed by atoms with Crippen LogP contribution in [0.1, 0.15) is 29.5 Å². The number of likely N-dealkylation sites (N-methyl/N-ethyl adjacent to an activating group) is 1. The molecule has 0 unspecified atom stereocenters. The molecule has 5 nitrogen and oxygen atoms in total. The zero-order valence-corrected chi connectivity index (χ0v) is 17.6. The van der Waals surface area contributed by atoms with E-state index in [0.29, 0.717) is 19.4 Å². The van der Waals surface area contributed by atoms with Gasteiger partial charge < -0.3 is 24.0 Å². The Morgan fingerprint density at radius 1 is 1.17 bits per heavy atom. The highest BCUT2D eigenvalue weighted by Gasteiger charge is 2.28. The quantitative estimate of drug-likeness (QED) is 0.731. The average Bonchev–Trinajstić information content (AvgIpc) is 3.22. The minimum atomic E-state index is 0.499. The van der Waals surface area contributed by atoms with Gasteiger partial charge in [0.25, 0.3) is 0 Å². The van der Waals surface area contributed by atoms with Gasteiger partial charge >= 0.3 is 0 Å². The van der Waals surface area contributed by atoms with E-state index in [1.165, 1.54) is 19.4 Å². The molecule has 0 radical (unpaired) electrons. The highest BCUT2D eigenvalue weighted by atomic mass is 16.5. The monoisotopic (exact) mass is 394 g/mol. The van der Waals surface area contributed by atoms with Crippen LogP contribution in [0.3, 0.4) is 0 Å². The summed E-state index contributed by atoms with van der Waals surface area (Å²) in [5.41, 5.74) is 3.22. The number of rotatable bonds is 6. The molecule has 0 spiro atoms. The first-order valence-corrected chi connectivity index (χ1v) is 10.3. The second kappa shape index (κ2) is 8.78. The van der Waals surface area contributed by atoms with E-state index in [4.69, 9.17) is 14.2 Å². The Hall–Kier alpha value is -2.66. The number of hydrogen-bond acceptors (Lipinski definition) is 5. The van der Waals surface area contributed by atoms with Crippen LogP contribution in [0, 0.1) is 6.92 Å². The van der Waals surface area contributed by atoms with E-state index in [-0.39, 0.29) is 0 Å². The summed E-state index contributed by atoms with van der Waals surface area (Å²) in [4.78, 5) is 4.72. The summed E-state index contributed by atoms with van der Waals surface area (Å²) in [5.74, 6) is 2.46. The predicted molar refractivity (Wildman–Crippen MR) is 115 cm³/mol. The number of ether oxygens (including phenoxy) is 3. The zero-order chi connectivity index (χ0) is 20.2. The molecule has 0 aliphatic carbocycles. The third kappa shape index (κ3) is 4.51.